The maximum Gasteiger partial charge on any atom is 0.337 e. The van der Waals surface area contributed by atoms with Gasteiger partial charge in [-0.2, -0.15) is 10.1 Å². The third kappa shape index (κ3) is 4.79. The summed E-state index contributed by atoms with van der Waals surface area (Å²) in [4.78, 5) is 53.9. The molecule has 2 aliphatic rings. The van der Waals surface area contributed by atoms with Crippen LogP contribution >= 0.6 is 11.6 Å². The Bertz CT molecular complexity index is 1540. The van der Waals surface area contributed by atoms with E-state index in [1.54, 1.807) is 19.2 Å². The normalized spacial score (nSPS) is 15.8. The molecule has 37 heavy (non-hydrogen) atoms. The van der Waals surface area contributed by atoms with Crippen LogP contribution in [0.25, 0.3) is 22.2 Å². The zero-order valence-electron chi connectivity index (χ0n) is 19.1. The van der Waals surface area contributed by atoms with E-state index in [0.717, 1.165) is 24.3 Å². The number of rotatable bonds is 4. The Kier molecular flexibility index (Phi) is 6.42. The molecule has 0 unspecified atom stereocenters. The van der Waals surface area contributed by atoms with Crippen molar-refractivity contribution in [2.45, 2.75) is 13.0 Å². The van der Waals surface area contributed by atoms with Crippen molar-refractivity contribution in [3.8, 4) is 34.5 Å². The van der Waals surface area contributed by atoms with Gasteiger partial charge in [-0.1, -0.05) is 11.6 Å². The largest absolute Gasteiger partial charge is 0.423 e. The number of pyridine rings is 1. The minimum Gasteiger partial charge on any atom is -0.423 e. The van der Waals surface area contributed by atoms with Crippen molar-refractivity contribution in [3.63, 3.8) is 0 Å². The number of fused-ring (bicyclic) bond motifs is 5. The Morgan fingerprint density at radius 3 is 2.24 bits per heavy atom. The van der Waals surface area contributed by atoms with Gasteiger partial charge in [-0.15, -0.1) is 0 Å². The quantitative estimate of drug-likeness (QED) is 0.304. The van der Waals surface area contributed by atoms with Gasteiger partial charge in [-0.05, 0) is 32.1 Å². The number of aromatic nitrogens is 3. The van der Waals surface area contributed by atoms with E-state index in [2.05, 4.69) is 15.4 Å². The lowest BCUT2D eigenvalue weighted by Crippen LogP contribution is -2.14. The Morgan fingerprint density at radius 2 is 1.54 bits per heavy atom. The number of hydrogen-bond donors (Lipinski definition) is 1. The molecule has 1 N–H and O–H groups in total. The predicted molar refractivity (Wildman–Crippen MR) is 127 cm³/mol. The molecular formula is C24H17ClN4O8. The first-order chi connectivity index (χ1) is 17.8. The molecule has 5 rings (SSSR count). The van der Waals surface area contributed by atoms with E-state index >= 15 is 0 Å². The van der Waals surface area contributed by atoms with Crippen LogP contribution in [0.2, 0.25) is 5.02 Å². The smallest absolute Gasteiger partial charge is 0.337 e. The molecule has 0 saturated carbocycles. The lowest BCUT2D eigenvalue weighted by atomic mass is 10.1. The second kappa shape index (κ2) is 9.84. The first kappa shape index (κ1) is 24.2. The van der Waals surface area contributed by atoms with Crippen LogP contribution in [-0.4, -0.2) is 52.2 Å². The lowest BCUT2D eigenvalue weighted by Gasteiger charge is -2.14. The highest BCUT2D eigenvalue weighted by Gasteiger charge is 2.31. The van der Waals surface area contributed by atoms with Crippen molar-refractivity contribution in [1.29, 1.82) is 0 Å². The zero-order chi connectivity index (χ0) is 26.1. The molecular weight excluding hydrogens is 508 g/mol. The van der Waals surface area contributed by atoms with Crippen molar-refractivity contribution in [3.05, 3.63) is 47.5 Å². The summed E-state index contributed by atoms with van der Waals surface area (Å²) < 4.78 is 23.2. The number of carbonyl (C=O) groups is 4. The van der Waals surface area contributed by atoms with Gasteiger partial charge < -0.3 is 24.3 Å². The molecule has 3 aromatic rings. The Labute approximate surface area is 213 Å². The Balaban J connectivity index is 1.90. The second-order valence-electron chi connectivity index (χ2n) is 7.80. The molecule has 2 aliphatic heterocycles. The Morgan fingerprint density at radius 1 is 0.892 bits per heavy atom. The minimum absolute atomic E-state index is 0.0383. The Hall–Kier alpha value is -4.55. The summed E-state index contributed by atoms with van der Waals surface area (Å²) >= 11 is 6.16. The molecule has 12 nitrogen and oxygen atoms in total. The summed E-state index contributed by atoms with van der Waals surface area (Å²) in [5, 5.41) is 8.14. The number of nitrogens with zero attached hydrogens (tertiary/aromatic N) is 3. The van der Waals surface area contributed by atoms with Crippen LogP contribution in [0, 0.1) is 0 Å². The van der Waals surface area contributed by atoms with Crippen molar-refractivity contribution in [2.75, 3.05) is 13.6 Å². The van der Waals surface area contributed by atoms with Crippen molar-refractivity contribution in [2.24, 2.45) is 0 Å². The molecule has 0 radical (unpaired) electrons. The number of benzene rings is 1. The monoisotopic (exact) mass is 524 g/mol. The maximum atomic E-state index is 12.7. The molecule has 2 aromatic heterocycles. The maximum absolute atomic E-state index is 12.7. The van der Waals surface area contributed by atoms with Gasteiger partial charge in [0.2, 0.25) is 11.6 Å². The first-order valence-electron chi connectivity index (χ1n) is 11.0. The standard InChI is InChI=1S/C24H17ClN4O8/c1-26-9-2-10-29-21-19-20(28-29)13-4-3-12(25)11-14(13)34-15(30)5-6-16(31)35-22(21)24-27-23(19)36-17(32)7-8-18(33)37-24/h3-8,11,26H,2,9-10H2,1H3/b6-5?,8-7-. The summed E-state index contributed by atoms with van der Waals surface area (Å²) in [6, 6.07) is 4.55. The zero-order valence-corrected chi connectivity index (χ0v) is 19.9. The van der Waals surface area contributed by atoms with Crippen LogP contribution in [0.4, 0.5) is 0 Å². The molecule has 0 fully saturated rings. The summed E-state index contributed by atoms with van der Waals surface area (Å²) in [6.07, 6.45) is 4.05. The van der Waals surface area contributed by atoms with E-state index in [9.17, 15) is 19.2 Å². The van der Waals surface area contributed by atoms with Gasteiger partial charge in [0.1, 0.15) is 17.0 Å². The summed E-state index contributed by atoms with van der Waals surface area (Å²) in [7, 11) is 1.79. The third-order valence-electron chi connectivity index (χ3n) is 5.29. The number of aryl methyl sites for hydroxylation is 1. The fourth-order valence-corrected chi connectivity index (χ4v) is 3.93. The third-order valence-corrected chi connectivity index (χ3v) is 5.53. The van der Waals surface area contributed by atoms with Gasteiger partial charge in [0.15, 0.2) is 0 Å². The van der Waals surface area contributed by atoms with Crippen molar-refractivity contribution in [1.82, 2.24) is 20.1 Å². The number of esters is 4. The molecule has 0 atom stereocenters. The predicted octanol–water partition coefficient (Wildman–Crippen LogP) is 2.12. The highest BCUT2D eigenvalue weighted by Crippen LogP contribution is 2.46. The first-order valence-corrected chi connectivity index (χ1v) is 11.3. The van der Waals surface area contributed by atoms with Crippen LogP contribution in [0.3, 0.4) is 0 Å². The number of halogens is 1. The molecule has 4 heterocycles. The van der Waals surface area contributed by atoms with E-state index in [1.165, 1.54) is 10.7 Å². The van der Waals surface area contributed by atoms with E-state index in [1.807, 2.05) is 0 Å². The van der Waals surface area contributed by atoms with E-state index in [-0.39, 0.29) is 39.0 Å². The van der Waals surface area contributed by atoms with E-state index in [0.29, 0.717) is 25.1 Å². The van der Waals surface area contributed by atoms with Crippen LogP contribution in [0.5, 0.6) is 23.3 Å². The molecule has 6 bridgehead atoms. The average molecular weight is 525 g/mol. The second-order valence-corrected chi connectivity index (χ2v) is 8.23. The minimum atomic E-state index is -0.982. The number of nitrogens with one attached hydrogen (secondary N) is 1. The topological polar surface area (TPSA) is 148 Å². The highest BCUT2D eigenvalue weighted by atomic mass is 35.5. The lowest BCUT2D eigenvalue weighted by molar-refractivity contribution is -0.132. The molecule has 0 amide bonds. The van der Waals surface area contributed by atoms with Crippen LogP contribution in [-0.2, 0) is 25.7 Å². The molecule has 188 valence electrons. The average Bonchev–Trinajstić information content (AvgIpc) is 3.24. The fraction of sp³-hybridized carbons (Fsp3) is 0.167. The van der Waals surface area contributed by atoms with Gasteiger partial charge in [0.05, 0.1) is 5.39 Å². The molecule has 1 aromatic carbocycles. The van der Waals surface area contributed by atoms with Gasteiger partial charge in [0, 0.05) is 47.5 Å². The molecule has 0 saturated heterocycles. The number of ether oxygens (including phenoxy) is 4. The van der Waals surface area contributed by atoms with Gasteiger partial charge in [-0.25, -0.2) is 19.2 Å². The van der Waals surface area contributed by atoms with Gasteiger partial charge in [-0.3, -0.25) is 4.68 Å². The van der Waals surface area contributed by atoms with Crippen LogP contribution < -0.4 is 24.3 Å². The van der Waals surface area contributed by atoms with Crippen LogP contribution in [0.1, 0.15) is 6.42 Å². The molecule has 13 heteroatoms. The summed E-state index contributed by atoms with van der Waals surface area (Å²) in [5.74, 6) is -4.61. The van der Waals surface area contributed by atoms with Crippen molar-refractivity contribution >= 4 is 46.4 Å². The van der Waals surface area contributed by atoms with E-state index < -0.39 is 29.8 Å². The highest BCUT2D eigenvalue weighted by molar-refractivity contribution is 6.31. The molecule has 0 spiro atoms. The summed E-state index contributed by atoms with van der Waals surface area (Å²) in [5.41, 5.74) is 0.677. The number of carbonyl (C=O) groups excluding carboxylic acids is 4. The van der Waals surface area contributed by atoms with Crippen LogP contribution in [0.15, 0.2) is 42.5 Å². The van der Waals surface area contributed by atoms with E-state index in [4.69, 9.17) is 30.5 Å². The molecule has 0 aliphatic carbocycles. The fourth-order valence-electron chi connectivity index (χ4n) is 3.77. The SMILES string of the molecule is CNCCCn1nc2c3c4nc(c(c31)OC(=O)C=CC(=O)Oc1cc(Cl)ccc1-2)OC(=O)/C=C\C(=O)O4. The van der Waals surface area contributed by atoms with Gasteiger partial charge in [0.25, 0.3) is 5.88 Å². The van der Waals surface area contributed by atoms with Crippen molar-refractivity contribution < 1.29 is 38.1 Å². The summed E-state index contributed by atoms with van der Waals surface area (Å²) in [6.45, 7) is 0.931. The number of hydrogen-bond acceptors (Lipinski definition) is 11. The van der Waals surface area contributed by atoms with Gasteiger partial charge >= 0.3 is 23.9 Å².